The molecule has 5 aromatic rings. The van der Waals surface area contributed by atoms with Gasteiger partial charge in [0.15, 0.2) is 11.8 Å². The van der Waals surface area contributed by atoms with Crippen molar-refractivity contribution in [1.29, 1.82) is 10.8 Å². The molecule has 194 valence electrons. The van der Waals surface area contributed by atoms with E-state index in [-0.39, 0.29) is 16.4 Å². The van der Waals surface area contributed by atoms with Crippen molar-refractivity contribution in [3.63, 3.8) is 0 Å². The molecule has 0 saturated heterocycles. The second kappa shape index (κ2) is 9.82. The molecular weight excluding hydrogens is 517 g/mol. The highest BCUT2D eigenvalue weighted by Crippen LogP contribution is 2.38. The van der Waals surface area contributed by atoms with Gasteiger partial charge in [-0.05, 0) is 30.3 Å². The standard InChI is InChI=1S/C25H21F3N8OS/c1-34-11-16(8-32-34)15-3-6-22(29)36(13-15)24(30)38-18-4-5-21-19(7-18)23(37-14-25(26,27)28)20(10-31-21)17-9-33-35(2)12-17/h3-13,29-30H,14H2,1-2H3. The van der Waals surface area contributed by atoms with Crippen molar-refractivity contribution in [2.45, 2.75) is 11.1 Å². The van der Waals surface area contributed by atoms with Crippen LogP contribution in [0, 0.1) is 10.8 Å². The topological polar surface area (TPSA) is 110 Å². The average Bonchev–Trinajstić information content (AvgIpc) is 3.50. The third kappa shape index (κ3) is 5.32. The minimum Gasteiger partial charge on any atom is -0.483 e. The molecule has 0 spiro atoms. The van der Waals surface area contributed by atoms with E-state index in [1.165, 1.54) is 21.6 Å². The van der Waals surface area contributed by atoms with Crippen LogP contribution in [-0.4, -0.2) is 47.1 Å². The van der Waals surface area contributed by atoms with Crippen molar-refractivity contribution in [2.75, 3.05) is 6.61 Å². The summed E-state index contributed by atoms with van der Waals surface area (Å²) >= 11 is 1.06. The summed E-state index contributed by atoms with van der Waals surface area (Å²) in [6, 6.07) is 8.39. The molecule has 0 fully saturated rings. The normalized spacial score (nSPS) is 11.7. The molecule has 13 heteroatoms. The molecule has 4 heterocycles. The summed E-state index contributed by atoms with van der Waals surface area (Å²) in [6.45, 7) is -1.47. The lowest BCUT2D eigenvalue weighted by atomic mass is 10.1. The third-order valence-corrected chi connectivity index (χ3v) is 6.49. The number of alkyl halides is 3. The van der Waals surface area contributed by atoms with E-state index >= 15 is 0 Å². The van der Waals surface area contributed by atoms with Gasteiger partial charge in [-0.15, -0.1) is 0 Å². The molecule has 0 radical (unpaired) electrons. The molecule has 0 bridgehead atoms. The third-order valence-electron chi connectivity index (χ3n) is 5.61. The number of halogens is 3. The quantitative estimate of drug-likeness (QED) is 0.189. The minimum atomic E-state index is -4.53. The zero-order valence-electron chi connectivity index (χ0n) is 20.2. The molecular formula is C25H21F3N8OS. The maximum Gasteiger partial charge on any atom is 0.422 e. The summed E-state index contributed by atoms with van der Waals surface area (Å²) in [7, 11) is 3.51. The van der Waals surface area contributed by atoms with Gasteiger partial charge in [0.25, 0.3) is 0 Å². The van der Waals surface area contributed by atoms with Crippen LogP contribution in [0.3, 0.4) is 0 Å². The van der Waals surface area contributed by atoms with Gasteiger partial charge in [0.05, 0.1) is 17.9 Å². The van der Waals surface area contributed by atoms with Crippen LogP contribution in [0.15, 0.2) is 72.4 Å². The Morgan fingerprint density at radius 3 is 2.32 bits per heavy atom. The molecule has 0 amide bonds. The summed E-state index contributed by atoms with van der Waals surface area (Å²) < 4.78 is 49.2. The first-order valence-corrected chi connectivity index (χ1v) is 12.0. The van der Waals surface area contributed by atoms with Crippen LogP contribution in [0.5, 0.6) is 5.75 Å². The number of rotatable bonds is 5. The molecule has 5 rings (SSSR count). The molecule has 0 unspecified atom stereocenters. The first-order chi connectivity index (χ1) is 18.1. The number of ether oxygens (including phenoxy) is 1. The molecule has 38 heavy (non-hydrogen) atoms. The monoisotopic (exact) mass is 538 g/mol. The van der Waals surface area contributed by atoms with Crippen LogP contribution in [0.1, 0.15) is 0 Å². The SMILES string of the molecule is Cn1cc(-c2ccc(=N)n(C(=N)Sc3ccc4ncc(-c5cnn(C)c5)c(OCC(F)(F)F)c4c3)c2)cn1. The van der Waals surface area contributed by atoms with E-state index in [1.807, 2.05) is 6.20 Å². The number of hydrogen-bond donors (Lipinski definition) is 2. The Balaban J connectivity index is 1.52. The van der Waals surface area contributed by atoms with Gasteiger partial charge in [0.2, 0.25) is 0 Å². The fourth-order valence-corrected chi connectivity index (χ4v) is 4.64. The lowest BCUT2D eigenvalue weighted by Gasteiger charge is -2.16. The number of nitrogens with zero attached hydrogens (tertiary/aromatic N) is 6. The zero-order chi connectivity index (χ0) is 27.0. The van der Waals surface area contributed by atoms with Crippen molar-refractivity contribution in [3.05, 3.63) is 73.0 Å². The Morgan fingerprint density at radius 2 is 1.66 bits per heavy atom. The second-order valence-electron chi connectivity index (χ2n) is 8.47. The lowest BCUT2D eigenvalue weighted by molar-refractivity contribution is -0.153. The summed E-state index contributed by atoms with van der Waals surface area (Å²) in [6.07, 6.45) is 5.33. The van der Waals surface area contributed by atoms with E-state index in [1.54, 1.807) is 67.7 Å². The largest absolute Gasteiger partial charge is 0.483 e. The van der Waals surface area contributed by atoms with Crippen molar-refractivity contribution in [2.24, 2.45) is 14.1 Å². The van der Waals surface area contributed by atoms with Gasteiger partial charge in [-0.3, -0.25) is 29.7 Å². The van der Waals surface area contributed by atoms with E-state index < -0.39 is 12.8 Å². The summed E-state index contributed by atoms with van der Waals surface area (Å²) in [5.74, 6) is 0.0294. The Labute approximate surface area is 218 Å². The van der Waals surface area contributed by atoms with Gasteiger partial charge in [0.1, 0.15) is 11.2 Å². The van der Waals surface area contributed by atoms with Crippen molar-refractivity contribution in [1.82, 2.24) is 29.1 Å². The Kier molecular flexibility index (Phi) is 6.53. The fourth-order valence-electron chi connectivity index (χ4n) is 3.86. The number of benzene rings is 1. The van der Waals surface area contributed by atoms with Crippen LogP contribution < -0.4 is 10.2 Å². The van der Waals surface area contributed by atoms with Crippen molar-refractivity contribution >= 4 is 27.8 Å². The summed E-state index contributed by atoms with van der Waals surface area (Å²) in [5.41, 5.74) is 3.10. The molecule has 4 aromatic heterocycles. The van der Waals surface area contributed by atoms with Crippen molar-refractivity contribution < 1.29 is 17.9 Å². The number of thioether (sulfide) groups is 1. The average molecular weight is 539 g/mol. The second-order valence-corrected chi connectivity index (χ2v) is 9.53. The number of aryl methyl sites for hydroxylation is 2. The van der Waals surface area contributed by atoms with Crippen LogP contribution in [0.2, 0.25) is 0 Å². The van der Waals surface area contributed by atoms with E-state index in [2.05, 4.69) is 15.2 Å². The molecule has 0 saturated carbocycles. The van der Waals surface area contributed by atoms with E-state index in [0.717, 1.165) is 22.9 Å². The Morgan fingerprint density at radius 1 is 0.947 bits per heavy atom. The highest BCUT2D eigenvalue weighted by Gasteiger charge is 2.29. The Bertz CT molecular complexity index is 1720. The number of hydrogen-bond acceptors (Lipinski definition) is 7. The summed E-state index contributed by atoms with van der Waals surface area (Å²) in [5, 5.41) is 25.6. The maximum atomic E-state index is 13.1. The van der Waals surface area contributed by atoms with E-state index in [4.69, 9.17) is 15.6 Å². The van der Waals surface area contributed by atoms with E-state index in [9.17, 15) is 13.2 Å². The van der Waals surface area contributed by atoms with Gasteiger partial charge in [-0.2, -0.15) is 23.4 Å². The van der Waals surface area contributed by atoms with Crippen LogP contribution in [0.25, 0.3) is 33.2 Å². The predicted octanol–water partition coefficient (Wildman–Crippen LogP) is 4.83. The van der Waals surface area contributed by atoms with Gasteiger partial charge < -0.3 is 4.74 Å². The van der Waals surface area contributed by atoms with Crippen LogP contribution in [0.4, 0.5) is 13.2 Å². The number of pyridine rings is 2. The van der Waals surface area contributed by atoms with Gasteiger partial charge >= 0.3 is 6.18 Å². The first kappa shape index (κ1) is 25.3. The number of fused-ring (bicyclic) bond motifs is 1. The molecule has 0 aliphatic heterocycles. The Hall–Kier alpha value is -4.39. The fraction of sp³-hybridized carbons (Fsp3) is 0.160. The highest BCUT2D eigenvalue weighted by atomic mass is 32.2. The molecule has 1 aromatic carbocycles. The zero-order valence-corrected chi connectivity index (χ0v) is 21.0. The molecule has 0 aliphatic rings. The van der Waals surface area contributed by atoms with Gasteiger partial charge in [-0.1, -0.05) is 11.8 Å². The minimum absolute atomic E-state index is 0.0294. The molecule has 0 atom stereocenters. The number of aromatic nitrogens is 6. The summed E-state index contributed by atoms with van der Waals surface area (Å²) in [4.78, 5) is 4.98. The van der Waals surface area contributed by atoms with Gasteiger partial charge in [-0.25, -0.2) is 0 Å². The van der Waals surface area contributed by atoms with Crippen LogP contribution >= 0.6 is 11.8 Å². The molecule has 9 nitrogen and oxygen atoms in total. The smallest absolute Gasteiger partial charge is 0.422 e. The van der Waals surface area contributed by atoms with Crippen molar-refractivity contribution in [3.8, 4) is 28.0 Å². The maximum absolute atomic E-state index is 13.1. The van der Waals surface area contributed by atoms with Gasteiger partial charge in [0, 0.05) is 71.4 Å². The number of nitrogens with one attached hydrogen (secondary N) is 2. The highest BCUT2D eigenvalue weighted by molar-refractivity contribution is 8.13. The lowest BCUT2D eigenvalue weighted by Crippen LogP contribution is -2.23. The van der Waals surface area contributed by atoms with Crippen LogP contribution in [-0.2, 0) is 14.1 Å². The van der Waals surface area contributed by atoms with E-state index in [0.29, 0.717) is 26.9 Å². The molecule has 2 N–H and O–H groups in total. The predicted molar refractivity (Wildman–Crippen MR) is 137 cm³/mol. The first-order valence-electron chi connectivity index (χ1n) is 11.2. The molecule has 0 aliphatic carbocycles.